The van der Waals surface area contributed by atoms with E-state index in [4.69, 9.17) is 14.6 Å². The second-order valence-electron chi connectivity index (χ2n) is 3.87. The molecular formula is C13H12N2O5S. The van der Waals surface area contributed by atoms with Gasteiger partial charge in [-0.3, -0.25) is 10.1 Å². The van der Waals surface area contributed by atoms with Gasteiger partial charge in [-0.1, -0.05) is 0 Å². The fourth-order valence-electron chi connectivity index (χ4n) is 1.58. The fourth-order valence-corrected chi connectivity index (χ4v) is 2.26. The summed E-state index contributed by atoms with van der Waals surface area (Å²) in [5.41, 5.74) is 0.238. The molecule has 0 atom stereocenters. The number of rotatable bonds is 5. The fraction of sp³-hybridized carbons (Fsp3) is 0.154. The van der Waals surface area contributed by atoms with Gasteiger partial charge in [0.15, 0.2) is 22.3 Å². The van der Waals surface area contributed by atoms with E-state index in [0.29, 0.717) is 17.1 Å². The minimum Gasteiger partial charge on any atom is -0.493 e. The number of aromatic carboxylic acids is 1. The normalized spacial score (nSPS) is 10.0. The third kappa shape index (κ3) is 3.29. The van der Waals surface area contributed by atoms with E-state index >= 15 is 0 Å². The number of aromatic nitrogens is 1. The molecule has 2 aromatic rings. The van der Waals surface area contributed by atoms with Crippen LogP contribution in [0.5, 0.6) is 11.5 Å². The van der Waals surface area contributed by atoms with E-state index in [9.17, 15) is 9.59 Å². The number of amides is 1. The van der Waals surface area contributed by atoms with Crippen molar-refractivity contribution in [3.8, 4) is 11.5 Å². The van der Waals surface area contributed by atoms with Gasteiger partial charge in [-0.05, 0) is 18.2 Å². The maximum Gasteiger partial charge on any atom is 0.355 e. The van der Waals surface area contributed by atoms with Gasteiger partial charge in [-0.25, -0.2) is 9.78 Å². The summed E-state index contributed by atoms with van der Waals surface area (Å²) in [4.78, 5) is 26.6. The molecule has 2 N–H and O–H groups in total. The molecule has 21 heavy (non-hydrogen) atoms. The van der Waals surface area contributed by atoms with Crippen LogP contribution < -0.4 is 14.8 Å². The maximum atomic E-state index is 12.1. The summed E-state index contributed by atoms with van der Waals surface area (Å²) in [6.07, 6.45) is 0. The van der Waals surface area contributed by atoms with Gasteiger partial charge in [-0.15, -0.1) is 11.3 Å². The molecule has 0 saturated heterocycles. The number of methoxy groups -OCH3 is 2. The van der Waals surface area contributed by atoms with Crippen LogP contribution in [0.15, 0.2) is 23.6 Å². The van der Waals surface area contributed by atoms with Gasteiger partial charge in [0.2, 0.25) is 0 Å². The third-order valence-corrected chi connectivity index (χ3v) is 3.35. The first kappa shape index (κ1) is 14.8. The second-order valence-corrected chi connectivity index (χ2v) is 4.73. The zero-order chi connectivity index (χ0) is 15.4. The van der Waals surface area contributed by atoms with E-state index in [1.807, 2.05) is 0 Å². The third-order valence-electron chi connectivity index (χ3n) is 2.59. The van der Waals surface area contributed by atoms with Crippen molar-refractivity contribution >= 4 is 28.3 Å². The highest BCUT2D eigenvalue weighted by atomic mass is 32.1. The summed E-state index contributed by atoms with van der Waals surface area (Å²) in [7, 11) is 2.97. The minimum absolute atomic E-state index is 0.109. The Morgan fingerprint density at radius 3 is 2.52 bits per heavy atom. The molecule has 8 heteroatoms. The van der Waals surface area contributed by atoms with Crippen molar-refractivity contribution in [2.45, 2.75) is 0 Å². The zero-order valence-corrected chi connectivity index (χ0v) is 12.1. The van der Waals surface area contributed by atoms with Crippen LogP contribution in [0.4, 0.5) is 5.13 Å². The number of carbonyl (C=O) groups is 2. The molecule has 0 aliphatic heterocycles. The van der Waals surface area contributed by atoms with Gasteiger partial charge < -0.3 is 14.6 Å². The Morgan fingerprint density at radius 1 is 1.24 bits per heavy atom. The van der Waals surface area contributed by atoms with Crippen molar-refractivity contribution in [1.82, 2.24) is 4.98 Å². The van der Waals surface area contributed by atoms with Crippen molar-refractivity contribution in [1.29, 1.82) is 0 Å². The van der Waals surface area contributed by atoms with Crippen molar-refractivity contribution < 1.29 is 24.2 Å². The van der Waals surface area contributed by atoms with Crippen molar-refractivity contribution in [2.24, 2.45) is 0 Å². The van der Waals surface area contributed by atoms with Crippen molar-refractivity contribution in [3.63, 3.8) is 0 Å². The Morgan fingerprint density at radius 2 is 1.95 bits per heavy atom. The van der Waals surface area contributed by atoms with E-state index in [0.717, 1.165) is 11.3 Å². The average Bonchev–Trinajstić information content (AvgIpc) is 2.95. The number of carboxylic acids is 1. The first-order chi connectivity index (χ1) is 10.0. The molecule has 0 fully saturated rings. The molecule has 0 radical (unpaired) electrons. The predicted octanol–water partition coefficient (Wildman–Crippen LogP) is 2.11. The Labute approximate surface area is 124 Å². The van der Waals surface area contributed by atoms with Crippen LogP contribution in [0.25, 0.3) is 0 Å². The van der Waals surface area contributed by atoms with Crippen LogP contribution in [0.2, 0.25) is 0 Å². The van der Waals surface area contributed by atoms with Crippen LogP contribution in [0.1, 0.15) is 20.8 Å². The molecule has 1 amide bonds. The molecule has 0 spiro atoms. The van der Waals surface area contributed by atoms with Crippen LogP contribution in [-0.2, 0) is 0 Å². The zero-order valence-electron chi connectivity index (χ0n) is 11.2. The van der Waals surface area contributed by atoms with Crippen LogP contribution in [0.3, 0.4) is 0 Å². The van der Waals surface area contributed by atoms with Crippen molar-refractivity contribution in [2.75, 3.05) is 19.5 Å². The lowest BCUT2D eigenvalue weighted by Crippen LogP contribution is -2.12. The molecule has 0 unspecified atom stereocenters. The summed E-state index contributed by atoms with van der Waals surface area (Å²) in [5, 5.41) is 12.9. The number of thiazole rings is 1. The molecule has 1 aromatic heterocycles. The summed E-state index contributed by atoms with van der Waals surface area (Å²) in [6.45, 7) is 0. The van der Waals surface area contributed by atoms with E-state index < -0.39 is 11.9 Å². The molecule has 0 saturated carbocycles. The van der Waals surface area contributed by atoms with E-state index in [1.165, 1.54) is 25.7 Å². The van der Waals surface area contributed by atoms with Crippen molar-refractivity contribution in [3.05, 3.63) is 34.8 Å². The number of anilines is 1. The lowest BCUT2D eigenvalue weighted by molar-refractivity contribution is 0.0691. The smallest absolute Gasteiger partial charge is 0.355 e. The minimum atomic E-state index is -1.14. The second kappa shape index (κ2) is 6.23. The summed E-state index contributed by atoms with van der Waals surface area (Å²) < 4.78 is 10.2. The van der Waals surface area contributed by atoms with Crippen LogP contribution in [-0.4, -0.2) is 36.2 Å². The Balaban J connectivity index is 2.17. The summed E-state index contributed by atoms with van der Waals surface area (Å²) in [5.74, 6) is -0.618. The number of benzene rings is 1. The van der Waals surface area contributed by atoms with E-state index in [2.05, 4.69) is 10.3 Å². The van der Waals surface area contributed by atoms with E-state index in [1.54, 1.807) is 12.1 Å². The number of nitrogens with one attached hydrogen (secondary N) is 1. The van der Waals surface area contributed by atoms with Gasteiger partial charge >= 0.3 is 5.97 Å². The number of nitrogens with zero attached hydrogens (tertiary/aromatic N) is 1. The van der Waals surface area contributed by atoms with Gasteiger partial charge in [0.25, 0.3) is 5.91 Å². The quantitative estimate of drug-likeness (QED) is 0.878. The molecule has 0 aliphatic carbocycles. The first-order valence-electron chi connectivity index (χ1n) is 5.77. The standard InChI is InChI=1S/C13H12N2O5S/c1-19-9-4-3-7(5-10(9)20-2)11(16)15-13-14-8(6-21-13)12(17)18/h3-6H,1-2H3,(H,17,18)(H,14,15,16). The lowest BCUT2D eigenvalue weighted by atomic mass is 10.2. The number of carbonyl (C=O) groups excluding carboxylic acids is 1. The largest absolute Gasteiger partial charge is 0.493 e. The van der Waals surface area contributed by atoms with Gasteiger partial charge in [0.05, 0.1) is 14.2 Å². The highest BCUT2D eigenvalue weighted by Gasteiger charge is 2.14. The molecular weight excluding hydrogens is 296 g/mol. The summed E-state index contributed by atoms with van der Waals surface area (Å²) in [6, 6.07) is 4.71. The van der Waals surface area contributed by atoms with E-state index in [-0.39, 0.29) is 10.8 Å². The maximum absolute atomic E-state index is 12.1. The predicted molar refractivity (Wildman–Crippen MR) is 76.6 cm³/mol. The van der Waals surface area contributed by atoms with Gasteiger partial charge in [0, 0.05) is 10.9 Å². The van der Waals surface area contributed by atoms with Gasteiger partial charge in [0.1, 0.15) is 0 Å². The van der Waals surface area contributed by atoms with Crippen LogP contribution in [0, 0.1) is 0 Å². The Bertz CT molecular complexity index is 683. The number of hydrogen-bond acceptors (Lipinski definition) is 6. The summed E-state index contributed by atoms with van der Waals surface area (Å²) >= 11 is 1.04. The molecule has 2 rings (SSSR count). The molecule has 110 valence electrons. The number of hydrogen-bond donors (Lipinski definition) is 2. The SMILES string of the molecule is COc1ccc(C(=O)Nc2nc(C(=O)O)cs2)cc1OC. The van der Waals surface area contributed by atoms with Crippen LogP contribution >= 0.6 is 11.3 Å². The highest BCUT2D eigenvalue weighted by molar-refractivity contribution is 7.14. The first-order valence-corrected chi connectivity index (χ1v) is 6.65. The lowest BCUT2D eigenvalue weighted by Gasteiger charge is -2.09. The Hall–Kier alpha value is -2.61. The molecule has 0 bridgehead atoms. The molecule has 1 heterocycles. The average molecular weight is 308 g/mol. The van der Waals surface area contributed by atoms with Gasteiger partial charge in [-0.2, -0.15) is 0 Å². The monoisotopic (exact) mass is 308 g/mol. The molecule has 1 aromatic carbocycles. The Kier molecular flexibility index (Phi) is 4.39. The molecule has 7 nitrogen and oxygen atoms in total. The highest BCUT2D eigenvalue weighted by Crippen LogP contribution is 2.28. The number of carboxylic acid groups (broad SMARTS) is 1. The molecule has 0 aliphatic rings. The number of ether oxygens (including phenoxy) is 2. The topological polar surface area (TPSA) is 97.8 Å².